The summed E-state index contributed by atoms with van der Waals surface area (Å²) < 4.78 is 32.5. The topological polar surface area (TPSA) is 95.7 Å². The molecule has 1 aromatic rings. The summed E-state index contributed by atoms with van der Waals surface area (Å²) in [6.07, 6.45) is 0.826. The summed E-state index contributed by atoms with van der Waals surface area (Å²) in [6, 6.07) is 6.11. The SMILES string of the molecule is CC(C)OCCOC(=O)CCc1ccc(S(N)(=O)=O)cc1. The van der Waals surface area contributed by atoms with Gasteiger partial charge in [-0.2, -0.15) is 0 Å². The van der Waals surface area contributed by atoms with Gasteiger partial charge < -0.3 is 9.47 Å². The Morgan fingerprint density at radius 1 is 1.19 bits per heavy atom. The highest BCUT2D eigenvalue weighted by Crippen LogP contribution is 2.10. The Hall–Kier alpha value is -1.44. The lowest BCUT2D eigenvalue weighted by Gasteiger charge is -2.08. The van der Waals surface area contributed by atoms with Crippen LogP contribution in [0.5, 0.6) is 0 Å². The Kier molecular flexibility index (Phi) is 6.80. The summed E-state index contributed by atoms with van der Waals surface area (Å²) in [5.74, 6) is -0.308. The molecule has 0 saturated heterocycles. The maximum absolute atomic E-state index is 11.5. The fraction of sp³-hybridized carbons (Fsp3) is 0.500. The summed E-state index contributed by atoms with van der Waals surface area (Å²) in [4.78, 5) is 11.5. The lowest BCUT2D eigenvalue weighted by molar-refractivity contribution is -0.145. The Bertz CT molecular complexity index is 551. The third kappa shape index (κ3) is 7.22. The molecule has 0 bridgehead atoms. The van der Waals surface area contributed by atoms with E-state index in [1.807, 2.05) is 13.8 Å². The Balaban J connectivity index is 2.33. The number of hydrogen-bond donors (Lipinski definition) is 1. The Morgan fingerprint density at radius 3 is 2.33 bits per heavy atom. The maximum atomic E-state index is 11.5. The molecule has 118 valence electrons. The largest absolute Gasteiger partial charge is 0.463 e. The molecule has 1 aromatic carbocycles. The second-order valence-electron chi connectivity index (χ2n) is 4.83. The molecule has 0 saturated carbocycles. The van der Waals surface area contributed by atoms with E-state index in [0.717, 1.165) is 5.56 Å². The highest BCUT2D eigenvalue weighted by molar-refractivity contribution is 7.89. The predicted molar refractivity (Wildman–Crippen MR) is 78.2 cm³/mol. The summed E-state index contributed by atoms with van der Waals surface area (Å²) in [5.41, 5.74) is 0.845. The molecule has 0 atom stereocenters. The maximum Gasteiger partial charge on any atom is 0.306 e. The number of carbonyl (C=O) groups excluding carboxylic acids is 1. The zero-order chi connectivity index (χ0) is 15.9. The summed E-state index contributed by atoms with van der Waals surface area (Å²) in [7, 11) is -3.68. The number of rotatable bonds is 8. The summed E-state index contributed by atoms with van der Waals surface area (Å²) >= 11 is 0. The van der Waals surface area contributed by atoms with E-state index in [1.54, 1.807) is 12.1 Å². The van der Waals surface area contributed by atoms with Gasteiger partial charge in [-0.3, -0.25) is 4.79 Å². The van der Waals surface area contributed by atoms with Gasteiger partial charge in [-0.1, -0.05) is 12.1 Å². The molecule has 0 aliphatic heterocycles. The third-order valence-electron chi connectivity index (χ3n) is 2.67. The molecule has 0 spiro atoms. The van der Waals surface area contributed by atoms with Crippen molar-refractivity contribution in [3.63, 3.8) is 0 Å². The second-order valence-corrected chi connectivity index (χ2v) is 6.39. The molecule has 0 aliphatic rings. The number of benzene rings is 1. The van der Waals surface area contributed by atoms with E-state index in [4.69, 9.17) is 14.6 Å². The van der Waals surface area contributed by atoms with Gasteiger partial charge in [0.05, 0.1) is 17.6 Å². The van der Waals surface area contributed by atoms with Gasteiger partial charge >= 0.3 is 5.97 Å². The van der Waals surface area contributed by atoms with E-state index in [-0.39, 0.29) is 30.0 Å². The van der Waals surface area contributed by atoms with Gasteiger partial charge in [0.2, 0.25) is 10.0 Å². The molecule has 6 nitrogen and oxygen atoms in total. The minimum Gasteiger partial charge on any atom is -0.463 e. The first-order chi connectivity index (χ1) is 9.79. The molecule has 0 fully saturated rings. The minimum absolute atomic E-state index is 0.0552. The van der Waals surface area contributed by atoms with Gasteiger partial charge in [-0.15, -0.1) is 0 Å². The number of primary sulfonamides is 1. The molecule has 7 heteroatoms. The van der Waals surface area contributed by atoms with Crippen molar-refractivity contribution >= 4 is 16.0 Å². The van der Waals surface area contributed by atoms with Crippen LogP contribution in [0.1, 0.15) is 25.8 Å². The van der Waals surface area contributed by atoms with Crippen LogP contribution >= 0.6 is 0 Å². The van der Waals surface area contributed by atoms with Gasteiger partial charge in [0, 0.05) is 6.42 Å². The molecule has 0 radical (unpaired) electrons. The van der Waals surface area contributed by atoms with E-state index >= 15 is 0 Å². The second kappa shape index (κ2) is 8.11. The van der Waals surface area contributed by atoms with Crippen molar-refractivity contribution in [3.8, 4) is 0 Å². The van der Waals surface area contributed by atoms with E-state index in [9.17, 15) is 13.2 Å². The zero-order valence-electron chi connectivity index (χ0n) is 12.2. The first-order valence-corrected chi connectivity index (χ1v) is 8.22. The standard InChI is InChI=1S/C14H21NO5S/c1-11(2)19-9-10-20-14(16)8-5-12-3-6-13(7-4-12)21(15,17)18/h3-4,6-7,11H,5,8-10H2,1-2H3,(H2,15,17,18). The monoisotopic (exact) mass is 315 g/mol. The number of nitrogens with two attached hydrogens (primary N) is 1. The van der Waals surface area contributed by atoms with Crippen LogP contribution in [0.3, 0.4) is 0 Å². The van der Waals surface area contributed by atoms with Gasteiger partial charge in [0.25, 0.3) is 0 Å². The Morgan fingerprint density at radius 2 is 1.81 bits per heavy atom. The van der Waals surface area contributed by atoms with Crippen molar-refractivity contribution in [1.29, 1.82) is 0 Å². The highest BCUT2D eigenvalue weighted by Gasteiger charge is 2.08. The van der Waals surface area contributed by atoms with Crippen molar-refractivity contribution in [3.05, 3.63) is 29.8 Å². The molecule has 0 unspecified atom stereocenters. The first kappa shape index (κ1) is 17.6. The van der Waals surface area contributed by atoms with Crippen molar-refractivity contribution in [2.24, 2.45) is 5.14 Å². The minimum atomic E-state index is -3.68. The van der Waals surface area contributed by atoms with Crippen LogP contribution in [-0.4, -0.2) is 33.7 Å². The van der Waals surface area contributed by atoms with Crippen LogP contribution < -0.4 is 5.14 Å². The van der Waals surface area contributed by atoms with Crippen LogP contribution in [0, 0.1) is 0 Å². The average molecular weight is 315 g/mol. The lowest BCUT2D eigenvalue weighted by Crippen LogP contribution is -2.14. The van der Waals surface area contributed by atoms with Crippen LogP contribution in [-0.2, 0) is 30.7 Å². The number of aryl methyl sites for hydroxylation is 1. The van der Waals surface area contributed by atoms with Crippen molar-refractivity contribution in [2.45, 2.75) is 37.7 Å². The number of carbonyl (C=O) groups is 1. The van der Waals surface area contributed by atoms with Gasteiger partial charge in [0.1, 0.15) is 6.61 Å². The third-order valence-corrected chi connectivity index (χ3v) is 3.60. The molecule has 2 N–H and O–H groups in total. The van der Waals surface area contributed by atoms with Crippen molar-refractivity contribution < 1.29 is 22.7 Å². The number of sulfonamides is 1. The molecular weight excluding hydrogens is 294 g/mol. The molecular formula is C14H21NO5S. The summed E-state index contributed by atoms with van der Waals surface area (Å²) in [6.45, 7) is 4.44. The normalized spacial score (nSPS) is 11.6. The highest BCUT2D eigenvalue weighted by atomic mass is 32.2. The van der Waals surface area contributed by atoms with Gasteiger partial charge in [-0.25, -0.2) is 13.6 Å². The molecule has 0 aliphatic carbocycles. The molecule has 21 heavy (non-hydrogen) atoms. The predicted octanol–water partition coefficient (Wildman–Crippen LogP) is 1.23. The van der Waals surface area contributed by atoms with Crippen LogP contribution in [0.4, 0.5) is 0 Å². The van der Waals surface area contributed by atoms with Gasteiger partial charge in [0.15, 0.2) is 0 Å². The molecule has 0 aromatic heterocycles. The first-order valence-electron chi connectivity index (χ1n) is 6.68. The number of ether oxygens (including phenoxy) is 2. The van der Waals surface area contributed by atoms with Crippen LogP contribution in [0.15, 0.2) is 29.2 Å². The van der Waals surface area contributed by atoms with Gasteiger partial charge in [-0.05, 0) is 38.0 Å². The zero-order valence-corrected chi connectivity index (χ0v) is 13.1. The fourth-order valence-corrected chi connectivity index (χ4v) is 2.12. The average Bonchev–Trinajstić information content (AvgIpc) is 2.40. The fourth-order valence-electron chi connectivity index (χ4n) is 1.60. The molecule has 1 rings (SSSR count). The molecule has 0 heterocycles. The van der Waals surface area contributed by atoms with Crippen LogP contribution in [0.25, 0.3) is 0 Å². The quantitative estimate of drug-likeness (QED) is 0.575. The lowest BCUT2D eigenvalue weighted by atomic mass is 10.1. The molecule has 0 amide bonds. The summed E-state index contributed by atoms with van der Waals surface area (Å²) in [5, 5.41) is 5.00. The van der Waals surface area contributed by atoms with E-state index in [0.29, 0.717) is 13.0 Å². The van der Waals surface area contributed by atoms with Crippen molar-refractivity contribution in [1.82, 2.24) is 0 Å². The van der Waals surface area contributed by atoms with Crippen molar-refractivity contribution in [2.75, 3.05) is 13.2 Å². The Labute approximate surface area is 125 Å². The van der Waals surface area contributed by atoms with Crippen LogP contribution in [0.2, 0.25) is 0 Å². The number of esters is 1. The van der Waals surface area contributed by atoms with E-state index < -0.39 is 10.0 Å². The van der Waals surface area contributed by atoms with E-state index in [2.05, 4.69) is 0 Å². The number of hydrogen-bond acceptors (Lipinski definition) is 5. The van der Waals surface area contributed by atoms with E-state index in [1.165, 1.54) is 12.1 Å². The smallest absolute Gasteiger partial charge is 0.306 e.